The molecule has 0 radical (unpaired) electrons. The Morgan fingerprint density at radius 2 is 1.10 bits per heavy atom. The topological polar surface area (TPSA) is 12.5 Å². The first-order valence-electron chi connectivity index (χ1n) is 15.2. The van der Waals surface area contributed by atoms with Crippen LogP contribution in [0.4, 0.5) is 0 Å². The van der Waals surface area contributed by atoms with Crippen molar-refractivity contribution in [3.63, 3.8) is 0 Å². The van der Waals surface area contributed by atoms with E-state index in [0.717, 1.165) is 52.6 Å². The summed E-state index contributed by atoms with van der Waals surface area (Å²) in [6.07, 6.45) is 13.3. The summed E-state index contributed by atoms with van der Waals surface area (Å²) in [4.78, 5) is 2.43. The standard InChI is InChI=1S/C36H48ClNO/c1-4-7-8-9-10-11-12-13-20-25-34(38(5-2)6-3)39-33-28-26-31(27-29-33)35(30-21-16-14-17-22-30)36(37)32-23-18-15-19-24-32/h14-19,21-24,26-29,34H,4-13,20,25H2,1-3H3/b36-35+. The van der Waals surface area contributed by atoms with Gasteiger partial charge in [-0.3, -0.25) is 4.90 Å². The summed E-state index contributed by atoms with van der Waals surface area (Å²) in [6, 6.07) is 29.1. The molecule has 1 unspecified atom stereocenters. The van der Waals surface area contributed by atoms with Gasteiger partial charge in [0.15, 0.2) is 6.23 Å². The van der Waals surface area contributed by atoms with Crippen LogP contribution >= 0.6 is 11.6 Å². The van der Waals surface area contributed by atoms with Crippen LogP contribution in [0.15, 0.2) is 84.9 Å². The smallest absolute Gasteiger partial charge is 0.152 e. The highest BCUT2D eigenvalue weighted by Gasteiger charge is 2.18. The van der Waals surface area contributed by atoms with Gasteiger partial charge in [0.05, 0.1) is 5.03 Å². The van der Waals surface area contributed by atoms with E-state index in [1.165, 1.54) is 57.8 Å². The summed E-state index contributed by atoms with van der Waals surface area (Å²) >= 11 is 7.01. The van der Waals surface area contributed by atoms with Gasteiger partial charge < -0.3 is 4.74 Å². The van der Waals surface area contributed by atoms with Crippen molar-refractivity contribution in [3.8, 4) is 5.75 Å². The maximum atomic E-state index is 7.01. The van der Waals surface area contributed by atoms with Gasteiger partial charge in [-0.2, -0.15) is 0 Å². The van der Waals surface area contributed by atoms with Gasteiger partial charge >= 0.3 is 0 Å². The second-order valence-corrected chi connectivity index (χ2v) is 10.7. The molecule has 3 aromatic rings. The lowest BCUT2D eigenvalue weighted by Gasteiger charge is -2.30. The Bertz CT molecular complexity index is 1070. The number of unbranched alkanes of at least 4 members (excludes halogenated alkanes) is 8. The zero-order valence-electron chi connectivity index (χ0n) is 24.4. The van der Waals surface area contributed by atoms with Crippen molar-refractivity contribution in [1.82, 2.24) is 4.90 Å². The molecule has 2 nitrogen and oxygen atoms in total. The fraction of sp³-hybridized carbons (Fsp3) is 0.444. The third-order valence-electron chi connectivity index (χ3n) is 7.50. The summed E-state index contributed by atoms with van der Waals surface area (Å²) in [5.41, 5.74) is 4.23. The van der Waals surface area contributed by atoms with Crippen LogP contribution < -0.4 is 4.74 Å². The van der Waals surface area contributed by atoms with E-state index in [0.29, 0.717) is 0 Å². The van der Waals surface area contributed by atoms with Gasteiger partial charge in [-0.15, -0.1) is 0 Å². The molecule has 3 rings (SSSR count). The summed E-state index contributed by atoms with van der Waals surface area (Å²) in [5.74, 6) is 0.912. The monoisotopic (exact) mass is 545 g/mol. The Labute approximate surface area is 243 Å². The van der Waals surface area contributed by atoms with Crippen LogP contribution in [-0.4, -0.2) is 24.2 Å². The Kier molecular flexibility index (Phi) is 14.2. The minimum atomic E-state index is 0.104. The molecule has 39 heavy (non-hydrogen) atoms. The Morgan fingerprint density at radius 3 is 1.64 bits per heavy atom. The number of rotatable bonds is 18. The Morgan fingerprint density at radius 1 is 0.615 bits per heavy atom. The van der Waals surface area contributed by atoms with E-state index in [1.807, 2.05) is 24.3 Å². The lowest BCUT2D eigenvalue weighted by Crippen LogP contribution is -2.39. The largest absolute Gasteiger partial charge is 0.475 e. The van der Waals surface area contributed by atoms with Crippen LogP contribution in [0.1, 0.15) is 102 Å². The molecule has 0 bridgehead atoms. The number of ether oxygens (including phenoxy) is 1. The molecule has 0 aliphatic heterocycles. The lowest BCUT2D eigenvalue weighted by molar-refractivity contribution is 0.0240. The van der Waals surface area contributed by atoms with Gasteiger partial charge in [0, 0.05) is 5.57 Å². The Balaban J connectivity index is 1.68. The first-order chi connectivity index (χ1) is 19.2. The minimum Gasteiger partial charge on any atom is -0.475 e. The number of benzene rings is 3. The molecule has 0 aromatic heterocycles. The maximum absolute atomic E-state index is 7.01. The third-order valence-corrected chi connectivity index (χ3v) is 7.91. The van der Waals surface area contributed by atoms with E-state index in [-0.39, 0.29) is 6.23 Å². The summed E-state index contributed by atoms with van der Waals surface area (Å²) < 4.78 is 6.59. The van der Waals surface area contributed by atoms with Crippen LogP contribution in [0.2, 0.25) is 0 Å². The zero-order valence-corrected chi connectivity index (χ0v) is 25.1. The fourth-order valence-corrected chi connectivity index (χ4v) is 5.53. The average molecular weight is 546 g/mol. The molecule has 0 N–H and O–H groups in total. The molecule has 0 amide bonds. The fourth-order valence-electron chi connectivity index (χ4n) is 5.19. The quantitative estimate of drug-likeness (QED) is 0.0894. The first kappa shape index (κ1) is 31.0. The van der Waals surface area contributed by atoms with Crippen molar-refractivity contribution in [2.45, 2.75) is 91.2 Å². The molecule has 0 spiro atoms. The molecule has 3 aromatic carbocycles. The van der Waals surface area contributed by atoms with Gasteiger partial charge in [0.25, 0.3) is 0 Å². The summed E-state index contributed by atoms with van der Waals surface area (Å²) in [7, 11) is 0. The molecule has 3 heteroatoms. The van der Waals surface area contributed by atoms with Crippen molar-refractivity contribution in [1.29, 1.82) is 0 Å². The number of halogens is 1. The highest BCUT2D eigenvalue weighted by atomic mass is 35.5. The molecular weight excluding hydrogens is 498 g/mol. The summed E-state index contributed by atoms with van der Waals surface area (Å²) in [5, 5.41) is 0.752. The van der Waals surface area contributed by atoms with Crippen molar-refractivity contribution in [2.75, 3.05) is 13.1 Å². The number of hydrogen-bond donors (Lipinski definition) is 0. The number of nitrogens with zero attached hydrogens (tertiary/aromatic N) is 1. The third kappa shape index (κ3) is 10.2. The number of hydrogen-bond acceptors (Lipinski definition) is 2. The molecule has 1 atom stereocenters. The van der Waals surface area contributed by atoms with Crippen LogP contribution in [0.25, 0.3) is 10.6 Å². The van der Waals surface area contributed by atoms with Crippen LogP contribution in [-0.2, 0) is 0 Å². The molecular formula is C36H48ClNO. The van der Waals surface area contributed by atoms with Gasteiger partial charge in [-0.1, -0.05) is 157 Å². The van der Waals surface area contributed by atoms with Gasteiger partial charge in [0.1, 0.15) is 5.75 Å². The van der Waals surface area contributed by atoms with Crippen molar-refractivity contribution in [3.05, 3.63) is 102 Å². The van der Waals surface area contributed by atoms with Gasteiger partial charge in [-0.05, 0) is 54.8 Å². The van der Waals surface area contributed by atoms with E-state index in [4.69, 9.17) is 16.3 Å². The SMILES string of the molecule is CCCCCCCCCCCC(Oc1ccc(/C(=C(/Cl)c2ccccc2)c2ccccc2)cc1)N(CC)CC. The molecule has 0 aliphatic rings. The average Bonchev–Trinajstić information content (AvgIpc) is 2.98. The zero-order chi connectivity index (χ0) is 27.7. The van der Waals surface area contributed by atoms with Crippen LogP contribution in [0, 0.1) is 0 Å². The highest BCUT2D eigenvalue weighted by Crippen LogP contribution is 2.35. The van der Waals surface area contributed by atoms with Gasteiger partial charge in [-0.25, -0.2) is 0 Å². The molecule has 210 valence electrons. The molecule has 0 fully saturated rings. The summed E-state index contributed by atoms with van der Waals surface area (Å²) in [6.45, 7) is 8.71. The van der Waals surface area contributed by atoms with Crippen LogP contribution in [0.5, 0.6) is 5.75 Å². The second-order valence-electron chi connectivity index (χ2n) is 10.4. The first-order valence-corrected chi connectivity index (χ1v) is 15.6. The van der Waals surface area contributed by atoms with Gasteiger partial charge in [0.2, 0.25) is 0 Å². The molecule has 0 aliphatic carbocycles. The van der Waals surface area contributed by atoms with E-state index >= 15 is 0 Å². The van der Waals surface area contributed by atoms with Crippen LogP contribution in [0.3, 0.4) is 0 Å². The lowest BCUT2D eigenvalue weighted by atomic mass is 9.95. The van der Waals surface area contributed by atoms with E-state index in [1.54, 1.807) is 0 Å². The molecule has 0 saturated heterocycles. The minimum absolute atomic E-state index is 0.104. The second kappa shape index (κ2) is 17.9. The molecule has 0 heterocycles. The molecule has 0 saturated carbocycles. The Hall–Kier alpha value is -2.55. The predicted octanol–water partition coefficient (Wildman–Crippen LogP) is 10.8. The van der Waals surface area contributed by atoms with Crippen molar-refractivity contribution >= 4 is 22.2 Å². The van der Waals surface area contributed by atoms with E-state index < -0.39 is 0 Å². The van der Waals surface area contributed by atoms with E-state index in [2.05, 4.69) is 86.3 Å². The van der Waals surface area contributed by atoms with E-state index in [9.17, 15) is 0 Å². The van der Waals surface area contributed by atoms with Crippen molar-refractivity contribution in [2.24, 2.45) is 0 Å². The predicted molar refractivity (Wildman–Crippen MR) is 170 cm³/mol. The highest BCUT2D eigenvalue weighted by molar-refractivity contribution is 6.53. The maximum Gasteiger partial charge on any atom is 0.152 e. The van der Waals surface area contributed by atoms with Crippen molar-refractivity contribution < 1.29 is 4.74 Å². The normalized spacial score (nSPS) is 12.8.